The molecular weight excluding hydrogens is 356 g/mol. The summed E-state index contributed by atoms with van der Waals surface area (Å²) in [6, 6.07) is 18.6. The summed E-state index contributed by atoms with van der Waals surface area (Å²) in [5.74, 6) is -1.57. The standard InChI is InChI=1S/C22H24N2O4/c25-20-13-18(15-24(20)14-16-7-3-1-4-8-16)22(28)23-19(11-12-21(26)27)17-9-5-2-6-10-17/h1-10,18-19H,11-15H2,(H,23,28)(H,26,27). The van der Waals surface area contributed by atoms with E-state index in [9.17, 15) is 14.4 Å². The summed E-state index contributed by atoms with van der Waals surface area (Å²) in [5, 5.41) is 12.0. The minimum absolute atomic E-state index is 0.0363. The third kappa shape index (κ3) is 5.19. The van der Waals surface area contributed by atoms with E-state index >= 15 is 0 Å². The Kier molecular flexibility index (Phi) is 6.42. The topological polar surface area (TPSA) is 86.7 Å². The maximum absolute atomic E-state index is 12.8. The predicted octanol–water partition coefficient (Wildman–Crippen LogP) is 2.76. The molecule has 1 aliphatic rings. The second-order valence-corrected chi connectivity index (χ2v) is 7.07. The van der Waals surface area contributed by atoms with Gasteiger partial charge in [-0.1, -0.05) is 60.7 Å². The average molecular weight is 380 g/mol. The average Bonchev–Trinajstić information content (AvgIpc) is 3.07. The molecule has 146 valence electrons. The lowest BCUT2D eigenvalue weighted by atomic mass is 10.00. The van der Waals surface area contributed by atoms with Crippen LogP contribution in [0.25, 0.3) is 0 Å². The van der Waals surface area contributed by atoms with E-state index in [2.05, 4.69) is 5.32 Å². The number of amides is 2. The van der Waals surface area contributed by atoms with Crippen LogP contribution < -0.4 is 5.32 Å². The highest BCUT2D eigenvalue weighted by atomic mass is 16.4. The largest absolute Gasteiger partial charge is 0.481 e. The van der Waals surface area contributed by atoms with Gasteiger partial charge in [0.15, 0.2) is 0 Å². The van der Waals surface area contributed by atoms with Crippen LogP contribution in [0.1, 0.15) is 36.4 Å². The zero-order valence-corrected chi connectivity index (χ0v) is 15.6. The Morgan fingerprint density at radius 1 is 1.07 bits per heavy atom. The van der Waals surface area contributed by atoms with Crippen LogP contribution >= 0.6 is 0 Å². The van der Waals surface area contributed by atoms with Crippen LogP contribution in [-0.4, -0.2) is 34.3 Å². The van der Waals surface area contributed by atoms with Crippen LogP contribution in [0, 0.1) is 5.92 Å². The van der Waals surface area contributed by atoms with E-state index in [0.717, 1.165) is 11.1 Å². The third-order valence-corrected chi connectivity index (χ3v) is 4.97. The normalized spacial score (nSPS) is 17.4. The molecule has 2 aromatic rings. The number of nitrogens with one attached hydrogen (secondary N) is 1. The fraction of sp³-hybridized carbons (Fsp3) is 0.318. The zero-order valence-electron chi connectivity index (χ0n) is 15.6. The molecule has 0 saturated carbocycles. The van der Waals surface area contributed by atoms with Crippen LogP contribution in [0.4, 0.5) is 0 Å². The lowest BCUT2D eigenvalue weighted by molar-refractivity contribution is -0.137. The summed E-state index contributed by atoms with van der Waals surface area (Å²) in [5.41, 5.74) is 1.89. The number of rotatable bonds is 8. The third-order valence-electron chi connectivity index (χ3n) is 4.97. The molecule has 0 spiro atoms. The molecule has 3 rings (SSSR count). The van der Waals surface area contributed by atoms with Crippen molar-refractivity contribution in [3.63, 3.8) is 0 Å². The Morgan fingerprint density at radius 2 is 1.71 bits per heavy atom. The van der Waals surface area contributed by atoms with Gasteiger partial charge in [-0.05, 0) is 17.5 Å². The van der Waals surface area contributed by atoms with Crippen LogP contribution in [0.15, 0.2) is 60.7 Å². The molecule has 1 fully saturated rings. The summed E-state index contributed by atoms with van der Waals surface area (Å²) in [6.45, 7) is 0.866. The molecule has 6 heteroatoms. The molecule has 0 aliphatic carbocycles. The Labute approximate surface area is 164 Å². The molecule has 1 saturated heterocycles. The summed E-state index contributed by atoms with van der Waals surface area (Å²) in [6.07, 6.45) is 0.447. The van der Waals surface area contributed by atoms with Crippen LogP contribution in [0.2, 0.25) is 0 Å². The number of aliphatic carboxylic acids is 1. The van der Waals surface area contributed by atoms with Crippen molar-refractivity contribution in [3.05, 3.63) is 71.8 Å². The van der Waals surface area contributed by atoms with Gasteiger partial charge in [0.2, 0.25) is 11.8 Å². The number of likely N-dealkylation sites (tertiary alicyclic amines) is 1. The fourth-order valence-corrected chi connectivity index (χ4v) is 3.47. The predicted molar refractivity (Wildman–Crippen MR) is 104 cm³/mol. The van der Waals surface area contributed by atoms with Crippen molar-refractivity contribution >= 4 is 17.8 Å². The van der Waals surface area contributed by atoms with Crippen molar-refractivity contribution in [3.8, 4) is 0 Å². The lowest BCUT2D eigenvalue weighted by Crippen LogP contribution is -2.35. The first-order chi connectivity index (χ1) is 13.5. The quantitative estimate of drug-likeness (QED) is 0.737. The van der Waals surface area contributed by atoms with Crippen LogP contribution in [0.5, 0.6) is 0 Å². The fourth-order valence-electron chi connectivity index (χ4n) is 3.47. The number of nitrogens with zero attached hydrogens (tertiary/aromatic N) is 1. The molecule has 2 aromatic carbocycles. The lowest BCUT2D eigenvalue weighted by Gasteiger charge is -2.21. The van der Waals surface area contributed by atoms with E-state index in [0.29, 0.717) is 19.5 Å². The van der Waals surface area contributed by atoms with Crippen LogP contribution in [0.3, 0.4) is 0 Å². The molecule has 0 bridgehead atoms. The van der Waals surface area contributed by atoms with Gasteiger partial charge in [-0.3, -0.25) is 14.4 Å². The minimum atomic E-state index is -0.903. The van der Waals surface area contributed by atoms with E-state index in [4.69, 9.17) is 5.11 Å². The number of hydrogen-bond donors (Lipinski definition) is 2. The molecule has 1 heterocycles. The number of hydrogen-bond acceptors (Lipinski definition) is 3. The van der Waals surface area contributed by atoms with Crippen molar-refractivity contribution in [2.45, 2.75) is 31.8 Å². The molecule has 2 amide bonds. The number of carbonyl (C=O) groups excluding carboxylic acids is 2. The molecule has 28 heavy (non-hydrogen) atoms. The number of carboxylic acid groups (broad SMARTS) is 1. The molecule has 2 unspecified atom stereocenters. The van der Waals surface area contributed by atoms with Crippen molar-refractivity contribution in [2.75, 3.05) is 6.54 Å². The second kappa shape index (κ2) is 9.17. The minimum Gasteiger partial charge on any atom is -0.481 e. The highest BCUT2D eigenvalue weighted by molar-refractivity contribution is 5.89. The van der Waals surface area contributed by atoms with Gasteiger partial charge in [0, 0.05) is 25.9 Å². The summed E-state index contributed by atoms with van der Waals surface area (Å²) in [7, 11) is 0. The van der Waals surface area contributed by atoms with Gasteiger partial charge in [0.1, 0.15) is 0 Å². The molecule has 1 aliphatic heterocycles. The van der Waals surface area contributed by atoms with E-state index < -0.39 is 11.9 Å². The molecule has 2 atom stereocenters. The number of carboxylic acids is 1. The number of carbonyl (C=O) groups is 3. The molecule has 2 N–H and O–H groups in total. The summed E-state index contributed by atoms with van der Waals surface area (Å²) >= 11 is 0. The van der Waals surface area contributed by atoms with Crippen molar-refractivity contribution in [2.24, 2.45) is 5.92 Å². The first kappa shape index (κ1) is 19.6. The van der Waals surface area contributed by atoms with E-state index in [1.54, 1.807) is 4.90 Å². The van der Waals surface area contributed by atoms with Crippen LogP contribution in [-0.2, 0) is 20.9 Å². The van der Waals surface area contributed by atoms with Gasteiger partial charge in [-0.2, -0.15) is 0 Å². The van der Waals surface area contributed by atoms with E-state index in [-0.39, 0.29) is 30.7 Å². The van der Waals surface area contributed by atoms with Crippen molar-refractivity contribution in [1.29, 1.82) is 0 Å². The Morgan fingerprint density at radius 3 is 2.36 bits per heavy atom. The first-order valence-corrected chi connectivity index (χ1v) is 9.41. The smallest absolute Gasteiger partial charge is 0.303 e. The van der Waals surface area contributed by atoms with Crippen molar-refractivity contribution in [1.82, 2.24) is 10.2 Å². The maximum atomic E-state index is 12.8. The molecule has 0 aromatic heterocycles. The highest BCUT2D eigenvalue weighted by Gasteiger charge is 2.35. The summed E-state index contributed by atoms with van der Waals surface area (Å²) in [4.78, 5) is 37.8. The zero-order chi connectivity index (χ0) is 19.9. The SMILES string of the molecule is O=C(O)CCC(NC(=O)C1CC(=O)N(Cc2ccccc2)C1)c1ccccc1. The Bertz CT molecular complexity index is 823. The molecular formula is C22H24N2O4. The van der Waals surface area contributed by atoms with Gasteiger partial charge >= 0.3 is 5.97 Å². The number of benzene rings is 2. The Balaban J connectivity index is 1.63. The van der Waals surface area contributed by atoms with Gasteiger partial charge in [0.25, 0.3) is 0 Å². The Hall–Kier alpha value is -3.15. The first-order valence-electron chi connectivity index (χ1n) is 9.41. The van der Waals surface area contributed by atoms with E-state index in [1.165, 1.54) is 0 Å². The van der Waals surface area contributed by atoms with Crippen molar-refractivity contribution < 1.29 is 19.5 Å². The van der Waals surface area contributed by atoms with E-state index in [1.807, 2.05) is 60.7 Å². The van der Waals surface area contributed by atoms with Gasteiger partial charge in [-0.25, -0.2) is 0 Å². The molecule has 0 radical (unpaired) electrons. The van der Waals surface area contributed by atoms with Gasteiger partial charge in [0.05, 0.1) is 12.0 Å². The van der Waals surface area contributed by atoms with Gasteiger partial charge < -0.3 is 15.3 Å². The molecule has 6 nitrogen and oxygen atoms in total. The monoisotopic (exact) mass is 380 g/mol. The maximum Gasteiger partial charge on any atom is 0.303 e. The highest BCUT2D eigenvalue weighted by Crippen LogP contribution is 2.24. The second-order valence-electron chi connectivity index (χ2n) is 7.07. The summed E-state index contributed by atoms with van der Waals surface area (Å²) < 4.78 is 0. The van der Waals surface area contributed by atoms with Gasteiger partial charge in [-0.15, -0.1) is 0 Å².